The number of rotatable bonds is 4. The summed E-state index contributed by atoms with van der Waals surface area (Å²) < 4.78 is 0. The average Bonchev–Trinajstić information content (AvgIpc) is 2.48. The molecule has 2 aromatic carbocycles. The van der Waals surface area contributed by atoms with Crippen LogP contribution in [0.15, 0.2) is 54.6 Å². The van der Waals surface area contributed by atoms with E-state index in [4.69, 9.17) is 11.5 Å². The van der Waals surface area contributed by atoms with Crippen LogP contribution >= 0.6 is 0 Å². The molecule has 2 nitrogen and oxygen atoms in total. The van der Waals surface area contributed by atoms with Gasteiger partial charge >= 0.3 is 0 Å². The van der Waals surface area contributed by atoms with Crippen LogP contribution in [-0.4, -0.2) is 6.54 Å². The van der Waals surface area contributed by atoms with Crippen molar-refractivity contribution in [2.75, 3.05) is 6.54 Å². The standard InChI is InChI=1S/C18H22N2/c19-13-18(11-4-12-18)17(20)16-9-7-15(8-10-16)14-5-2-1-3-6-14/h1-3,5-10,17H,4,11-13,19-20H2. The highest BCUT2D eigenvalue weighted by atomic mass is 14.8. The Morgan fingerprint density at radius 2 is 1.50 bits per heavy atom. The van der Waals surface area contributed by atoms with E-state index in [1.165, 1.54) is 23.1 Å². The first-order valence-corrected chi connectivity index (χ1v) is 7.36. The summed E-state index contributed by atoms with van der Waals surface area (Å²) in [5, 5.41) is 0. The minimum absolute atomic E-state index is 0.0612. The predicted molar refractivity (Wildman–Crippen MR) is 84.1 cm³/mol. The fourth-order valence-corrected chi connectivity index (χ4v) is 3.14. The maximum Gasteiger partial charge on any atom is 0.0364 e. The highest BCUT2D eigenvalue weighted by Crippen LogP contribution is 2.48. The van der Waals surface area contributed by atoms with Gasteiger partial charge in [-0.05, 0) is 36.1 Å². The Labute approximate surface area is 120 Å². The van der Waals surface area contributed by atoms with Gasteiger partial charge in [-0.3, -0.25) is 0 Å². The van der Waals surface area contributed by atoms with Crippen LogP contribution in [0.2, 0.25) is 0 Å². The molecule has 0 saturated heterocycles. The van der Waals surface area contributed by atoms with Gasteiger partial charge in [0.05, 0.1) is 0 Å². The largest absolute Gasteiger partial charge is 0.330 e. The molecule has 3 rings (SSSR count). The fourth-order valence-electron chi connectivity index (χ4n) is 3.14. The van der Waals surface area contributed by atoms with Crippen LogP contribution in [0.3, 0.4) is 0 Å². The van der Waals surface area contributed by atoms with Gasteiger partial charge < -0.3 is 11.5 Å². The molecule has 1 saturated carbocycles. The van der Waals surface area contributed by atoms with E-state index in [-0.39, 0.29) is 11.5 Å². The average molecular weight is 266 g/mol. The van der Waals surface area contributed by atoms with E-state index in [0.717, 1.165) is 12.8 Å². The summed E-state index contributed by atoms with van der Waals surface area (Å²) in [5.74, 6) is 0. The summed E-state index contributed by atoms with van der Waals surface area (Å²) >= 11 is 0. The molecule has 1 fully saturated rings. The van der Waals surface area contributed by atoms with E-state index in [1.807, 2.05) is 6.07 Å². The van der Waals surface area contributed by atoms with Crippen LogP contribution in [0.1, 0.15) is 30.9 Å². The molecule has 4 N–H and O–H groups in total. The van der Waals surface area contributed by atoms with Gasteiger partial charge in [0.2, 0.25) is 0 Å². The molecular weight excluding hydrogens is 244 g/mol. The lowest BCUT2D eigenvalue weighted by Crippen LogP contribution is -2.46. The molecule has 0 bridgehead atoms. The van der Waals surface area contributed by atoms with Crippen LogP contribution in [0.5, 0.6) is 0 Å². The molecule has 0 amide bonds. The van der Waals surface area contributed by atoms with Crippen LogP contribution < -0.4 is 11.5 Å². The summed E-state index contributed by atoms with van der Waals surface area (Å²) in [6.45, 7) is 0.689. The first-order chi connectivity index (χ1) is 9.75. The van der Waals surface area contributed by atoms with E-state index >= 15 is 0 Å². The Morgan fingerprint density at radius 1 is 0.900 bits per heavy atom. The van der Waals surface area contributed by atoms with Gasteiger partial charge in [0.25, 0.3) is 0 Å². The van der Waals surface area contributed by atoms with Gasteiger partial charge in [0.15, 0.2) is 0 Å². The van der Waals surface area contributed by atoms with E-state index in [1.54, 1.807) is 0 Å². The lowest BCUT2D eigenvalue weighted by Gasteiger charge is -2.45. The Hall–Kier alpha value is -1.64. The highest BCUT2D eigenvalue weighted by Gasteiger charge is 2.41. The molecule has 0 radical (unpaired) electrons. The van der Waals surface area contributed by atoms with E-state index in [9.17, 15) is 0 Å². The molecule has 1 aliphatic carbocycles. The van der Waals surface area contributed by atoms with Crippen molar-refractivity contribution >= 4 is 0 Å². The number of benzene rings is 2. The smallest absolute Gasteiger partial charge is 0.0364 e. The third-order valence-electron chi connectivity index (χ3n) is 4.79. The Bertz CT molecular complexity index is 550. The van der Waals surface area contributed by atoms with Crippen molar-refractivity contribution in [2.24, 2.45) is 16.9 Å². The molecule has 104 valence electrons. The van der Waals surface area contributed by atoms with Gasteiger partial charge in [0.1, 0.15) is 0 Å². The lowest BCUT2D eigenvalue weighted by molar-refractivity contribution is 0.105. The minimum Gasteiger partial charge on any atom is -0.330 e. The SMILES string of the molecule is NCC1(C(N)c2ccc(-c3ccccc3)cc2)CCC1. The Kier molecular flexibility index (Phi) is 3.60. The first-order valence-electron chi connectivity index (χ1n) is 7.36. The molecule has 1 aliphatic rings. The van der Waals surface area contributed by atoms with Crippen LogP contribution in [0.25, 0.3) is 11.1 Å². The van der Waals surface area contributed by atoms with Crippen molar-refractivity contribution in [1.82, 2.24) is 0 Å². The summed E-state index contributed by atoms with van der Waals surface area (Å²) in [6, 6.07) is 19.1. The molecular formula is C18H22N2. The van der Waals surface area contributed by atoms with Crippen molar-refractivity contribution in [3.63, 3.8) is 0 Å². The van der Waals surface area contributed by atoms with Crippen LogP contribution in [0.4, 0.5) is 0 Å². The molecule has 2 heteroatoms. The zero-order valence-electron chi connectivity index (χ0n) is 11.8. The van der Waals surface area contributed by atoms with Crippen molar-refractivity contribution < 1.29 is 0 Å². The zero-order valence-corrected chi connectivity index (χ0v) is 11.8. The third kappa shape index (κ3) is 2.26. The first kappa shape index (κ1) is 13.3. The molecule has 0 aliphatic heterocycles. The summed E-state index contributed by atoms with van der Waals surface area (Å²) in [6.07, 6.45) is 3.57. The van der Waals surface area contributed by atoms with Crippen molar-refractivity contribution in [2.45, 2.75) is 25.3 Å². The molecule has 0 aromatic heterocycles. The number of nitrogens with two attached hydrogens (primary N) is 2. The second kappa shape index (κ2) is 5.39. The predicted octanol–water partition coefficient (Wildman–Crippen LogP) is 3.48. The maximum atomic E-state index is 6.45. The fraction of sp³-hybridized carbons (Fsp3) is 0.333. The van der Waals surface area contributed by atoms with Gasteiger partial charge in [-0.25, -0.2) is 0 Å². The maximum absolute atomic E-state index is 6.45. The molecule has 0 spiro atoms. The molecule has 0 heterocycles. The second-order valence-electron chi connectivity index (χ2n) is 5.89. The summed E-state index contributed by atoms with van der Waals surface area (Å²) in [5.41, 5.74) is 16.2. The molecule has 20 heavy (non-hydrogen) atoms. The minimum atomic E-state index is 0.0612. The number of hydrogen-bond donors (Lipinski definition) is 2. The van der Waals surface area contributed by atoms with Crippen LogP contribution in [0, 0.1) is 5.41 Å². The van der Waals surface area contributed by atoms with Gasteiger partial charge in [-0.1, -0.05) is 61.0 Å². The van der Waals surface area contributed by atoms with Crippen molar-refractivity contribution in [1.29, 1.82) is 0 Å². The second-order valence-corrected chi connectivity index (χ2v) is 5.89. The number of hydrogen-bond acceptors (Lipinski definition) is 2. The normalized spacial score (nSPS) is 18.3. The topological polar surface area (TPSA) is 52.0 Å². The van der Waals surface area contributed by atoms with E-state index < -0.39 is 0 Å². The lowest BCUT2D eigenvalue weighted by atomic mass is 9.62. The molecule has 1 atom stereocenters. The van der Waals surface area contributed by atoms with Crippen LogP contribution in [-0.2, 0) is 0 Å². The van der Waals surface area contributed by atoms with Gasteiger partial charge in [-0.15, -0.1) is 0 Å². The van der Waals surface area contributed by atoms with Crippen molar-refractivity contribution in [3.8, 4) is 11.1 Å². The summed E-state index contributed by atoms with van der Waals surface area (Å²) in [4.78, 5) is 0. The third-order valence-corrected chi connectivity index (χ3v) is 4.79. The quantitative estimate of drug-likeness (QED) is 0.890. The van der Waals surface area contributed by atoms with Gasteiger partial charge in [-0.2, -0.15) is 0 Å². The molecule has 2 aromatic rings. The Morgan fingerprint density at radius 3 is 2.00 bits per heavy atom. The van der Waals surface area contributed by atoms with Gasteiger partial charge in [0, 0.05) is 11.5 Å². The molecule has 1 unspecified atom stereocenters. The highest BCUT2D eigenvalue weighted by molar-refractivity contribution is 5.63. The van der Waals surface area contributed by atoms with Crippen molar-refractivity contribution in [3.05, 3.63) is 60.2 Å². The van der Waals surface area contributed by atoms with E-state index in [0.29, 0.717) is 6.54 Å². The van der Waals surface area contributed by atoms with E-state index in [2.05, 4.69) is 48.5 Å². The Balaban J connectivity index is 1.83. The monoisotopic (exact) mass is 266 g/mol. The zero-order chi connectivity index (χ0) is 14.0. The summed E-state index contributed by atoms with van der Waals surface area (Å²) in [7, 11) is 0.